The topological polar surface area (TPSA) is 136 Å². The number of hydrogen-bond donors (Lipinski definition) is 0. The first-order valence-corrected chi connectivity index (χ1v) is 15.1. The second-order valence-electron chi connectivity index (χ2n) is 10.4. The molecule has 0 amide bonds. The molecule has 0 radical (unpaired) electrons. The zero-order valence-electron chi connectivity index (χ0n) is 25.2. The number of carbonyl (C=O) groups is 2. The summed E-state index contributed by atoms with van der Waals surface area (Å²) in [6.45, 7) is 3.50. The summed E-state index contributed by atoms with van der Waals surface area (Å²) < 4.78 is 17.8. The molecule has 0 aliphatic rings. The lowest BCUT2D eigenvalue weighted by Gasteiger charge is -2.10. The Morgan fingerprint density at radius 3 is 2.49 bits per heavy atom. The average Bonchev–Trinajstić information content (AvgIpc) is 3.45. The summed E-state index contributed by atoms with van der Waals surface area (Å²) in [4.78, 5) is 35.6. The molecule has 0 aliphatic heterocycles. The van der Waals surface area contributed by atoms with E-state index in [2.05, 4.69) is 23.4 Å². The van der Waals surface area contributed by atoms with Gasteiger partial charge in [-0.25, -0.2) is 4.79 Å². The number of hydrogen-bond acceptors (Lipinski definition) is 9. The highest BCUT2D eigenvalue weighted by molar-refractivity contribution is 5.93. The summed E-state index contributed by atoms with van der Waals surface area (Å²) in [5.41, 5.74) is 1.09. The van der Waals surface area contributed by atoms with Crippen LogP contribution in [-0.2, 0) is 28.9 Å². The first-order chi connectivity index (χ1) is 20.9. The highest BCUT2D eigenvalue weighted by Crippen LogP contribution is 2.26. The summed E-state index contributed by atoms with van der Waals surface area (Å²) in [5, 5.41) is 20.1. The molecule has 0 aliphatic carbocycles. The van der Waals surface area contributed by atoms with E-state index in [0.29, 0.717) is 12.4 Å². The van der Waals surface area contributed by atoms with Crippen LogP contribution in [0.1, 0.15) is 92.7 Å². The molecule has 0 N–H and O–H groups in total. The number of nitro benzene ring substituents is 1. The quantitative estimate of drug-likeness (QED) is 0.0462. The maximum Gasteiger partial charge on any atom is 0.341 e. The van der Waals surface area contributed by atoms with Crippen molar-refractivity contribution in [1.29, 1.82) is 0 Å². The third kappa shape index (κ3) is 11.5. The summed E-state index contributed by atoms with van der Waals surface area (Å²) in [6, 6.07) is 10.5. The molecule has 0 saturated carbocycles. The Morgan fingerprint density at radius 1 is 0.953 bits per heavy atom. The van der Waals surface area contributed by atoms with Crippen molar-refractivity contribution in [2.24, 2.45) is 0 Å². The van der Waals surface area contributed by atoms with Gasteiger partial charge in [-0.1, -0.05) is 62.8 Å². The van der Waals surface area contributed by atoms with Crippen LogP contribution in [0, 0.1) is 10.1 Å². The Bertz CT molecular complexity index is 1320. The van der Waals surface area contributed by atoms with Crippen molar-refractivity contribution in [3.8, 4) is 11.5 Å². The zero-order chi connectivity index (χ0) is 30.9. The van der Waals surface area contributed by atoms with Crippen LogP contribution in [0.5, 0.6) is 11.5 Å². The van der Waals surface area contributed by atoms with Gasteiger partial charge >= 0.3 is 11.9 Å². The maximum absolute atomic E-state index is 12.6. The van der Waals surface area contributed by atoms with Gasteiger partial charge in [-0.2, -0.15) is 0 Å². The number of nitrogens with zero attached hydrogens (tertiary/aromatic N) is 4. The van der Waals surface area contributed by atoms with Gasteiger partial charge in [-0.3, -0.25) is 19.6 Å². The third-order valence-corrected chi connectivity index (χ3v) is 7.02. The maximum atomic E-state index is 12.6. The van der Waals surface area contributed by atoms with E-state index in [1.165, 1.54) is 69.5 Å². The van der Waals surface area contributed by atoms with Crippen molar-refractivity contribution in [2.75, 3.05) is 13.7 Å². The van der Waals surface area contributed by atoms with Crippen LogP contribution in [0.25, 0.3) is 0 Å². The van der Waals surface area contributed by atoms with Crippen LogP contribution in [0.2, 0.25) is 0 Å². The predicted octanol–water partition coefficient (Wildman–Crippen LogP) is 6.66. The lowest BCUT2D eigenvalue weighted by molar-refractivity contribution is -0.385. The van der Waals surface area contributed by atoms with Crippen LogP contribution in [-0.4, -0.2) is 45.6 Å². The molecule has 232 valence electrons. The van der Waals surface area contributed by atoms with Crippen molar-refractivity contribution in [2.45, 2.75) is 90.5 Å². The number of unbranched alkanes of at least 4 members (excludes halogenated alkanes) is 8. The molecule has 1 heterocycles. The van der Waals surface area contributed by atoms with E-state index in [0.717, 1.165) is 50.8 Å². The first-order valence-electron chi connectivity index (χ1n) is 15.1. The summed E-state index contributed by atoms with van der Waals surface area (Å²) in [7, 11) is 1.22. The molecule has 0 fully saturated rings. The molecular formula is C32H42N4O7. The van der Waals surface area contributed by atoms with Gasteiger partial charge in [0.05, 0.1) is 30.8 Å². The normalized spacial score (nSPS) is 10.8. The number of ether oxygens (including phenoxy) is 3. The van der Waals surface area contributed by atoms with Gasteiger partial charge in [-0.15, -0.1) is 5.10 Å². The SMILES string of the molecule is CCCCCCCCc1cn(CCCCCCOc2ccc([N+](=O)[O-])c(CC(=O)Oc3ccccc3C(=O)OC)c2)nn1. The Hall–Kier alpha value is -4.28. The molecule has 3 aromatic rings. The smallest absolute Gasteiger partial charge is 0.341 e. The van der Waals surface area contributed by atoms with Crippen LogP contribution >= 0.6 is 0 Å². The molecule has 0 saturated heterocycles. The Morgan fingerprint density at radius 2 is 1.70 bits per heavy atom. The monoisotopic (exact) mass is 594 g/mol. The Labute approximate surface area is 252 Å². The van der Waals surface area contributed by atoms with Crippen molar-refractivity contribution < 1.29 is 28.7 Å². The lowest BCUT2D eigenvalue weighted by Crippen LogP contribution is -2.15. The van der Waals surface area contributed by atoms with E-state index >= 15 is 0 Å². The fourth-order valence-electron chi connectivity index (χ4n) is 4.69. The van der Waals surface area contributed by atoms with Gasteiger partial charge in [0, 0.05) is 24.4 Å². The number of nitro groups is 1. The van der Waals surface area contributed by atoms with E-state index in [-0.39, 0.29) is 29.0 Å². The van der Waals surface area contributed by atoms with Gasteiger partial charge in [-0.05, 0) is 56.4 Å². The average molecular weight is 595 g/mol. The van der Waals surface area contributed by atoms with Crippen molar-refractivity contribution in [1.82, 2.24) is 15.0 Å². The van der Waals surface area contributed by atoms with Gasteiger partial charge in [0.2, 0.25) is 0 Å². The van der Waals surface area contributed by atoms with E-state index < -0.39 is 16.9 Å². The molecule has 0 unspecified atom stereocenters. The molecule has 0 atom stereocenters. The molecule has 0 bridgehead atoms. The lowest BCUT2D eigenvalue weighted by atomic mass is 10.1. The largest absolute Gasteiger partial charge is 0.494 e. The van der Waals surface area contributed by atoms with Crippen LogP contribution in [0.3, 0.4) is 0 Å². The molecule has 43 heavy (non-hydrogen) atoms. The van der Waals surface area contributed by atoms with Crippen LogP contribution in [0.4, 0.5) is 5.69 Å². The van der Waals surface area contributed by atoms with Crippen molar-refractivity contribution >= 4 is 17.6 Å². The van der Waals surface area contributed by atoms with E-state index in [9.17, 15) is 19.7 Å². The highest BCUT2D eigenvalue weighted by Gasteiger charge is 2.21. The number of aryl methyl sites for hydroxylation is 2. The van der Waals surface area contributed by atoms with E-state index in [1.54, 1.807) is 12.1 Å². The molecule has 1 aromatic heterocycles. The van der Waals surface area contributed by atoms with Gasteiger partial charge < -0.3 is 14.2 Å². The fraction of sp³-hybridized carbons (Fsp3) is 0.500. The minimum Gasteiger partial charge on any atom is -0.494 e. The highest BCUT2D eigenvalue weighted by atomic mass is 16.6. The standard InChI is InChI=1S/C32H42N4O7/c1-3-4-5-6-7-10-15-26-24-35(34-33-26)20-13-8-9-14-21-42-27-18-19-29(36(39)40)25(22-27)23-31(37)43-30-17-12-11-16-28(30)32(38)41-2/h11-12,16-19,22,24H,3-10,13-15,20-21,23H2,1-2H3. The second kappa shape index (κ2) is 18.3. The zero-order valence-corrected chi connectivity index (χ0v) is 25.2. The molecule has 11 nitrogen and oxygen atoms in total. The number of rotatable bonds is 20. The number of carbonyl (C=O) groups excluding carboxylic acids is 2. The molecular weight excluding hydrogens is 552 g/mol. The molecule has 3 rings (SSSR count). The van der Waals surface area contributed by atoms with Gasteiger partial charge in [0.25, 0.3) is 5.69 Å². The van der Waals surface area contributed by atoms with Crippen LogP contribution < -0.4 is 9.47 Å². The number of benzene rings is 2. The minimum absolute atomic E-state index is 0.0202. The summed E-state index contributed by atoms with van der Waals surface area (Å²) in [5.74, 6) is -0.953. The van der Waals surface area contributed by atoms with Gasteiger partial charge in [0.1, 0.15) is 17.1 Å². The van der Waals surface area contributed by atoms with Crippen LogP contribution in [0.15, 0.2) is 48.7 Å². The number of esters is 2. The third-order valence-electron chi connectivity index (χ3n) is 7.02. The van der Waals surface area contributed by atoms with E-state index in [4.69, 9.17) is 14.2 Å². The molecule has 0 spiro atoms. The minimum atomic E-state index is -0.751. The Balaban J connectivity index is 1.39. The predicted molar refractivity (Wildman–Crippen MR) is 161 cm³/mol. The first kappa shape index (κ1) is 33.2. The number of aromatic nitrogens is 3. The fourth-order valence-corrected chi connectivity index (χ4v) is 4.69. The second-order valence-corrected chi connectivity index (χ2v) is 10.4. The van der Waals surface area contributed by atoms with Gasteiger partial charge in [0.15, 0.2) is 0 Å². The number of methoxy groups -OCH3 is 1. The van der Waals surface area contributed by atoms with Crippen molar-refractivity contribution in [3.05, 3.63) is 75.6 Å². The number of para-hydroxylation sites is 1. The Kier molecular flexibility index (Phi) is 14.1. The summed E-state index contributed by atoms with van der Waals surface area (Å²) >= 11 is 0. The molecule has 11 heteroatoms. The summed E-state index contributed by atoms with van der Waals surface area (Å²) in [6.07, 6.45) is 14.0. The van der Waals surface area contributed by atoms with E-state index in [1.807, 2.05) is 4.68 Å². The molecule has 2 aromatic carbocycles. The van der Waals surface area contributed by atoms with Crippen molar-refractivity contribution in [3.63, 3.8) is 0 Å².